The Kier molecular flexibility index (Phi) is 14.8. The molecule has 126 valence electrons. The smallest absolute Gasteiger partial charge is 0.548 e. The predicted octanol–water partition coefficient (Wildman–Crippen LogP) is -2.37. The van der Waals surface area contributed by atoms with E-state index in [9.17, 15) is 14.7 Å². The van der Waals surface area contributed by atoms with Crippen molar-refractivity contribution in [1.82, 2.24) is 5.32 Å². The molecule has 0 spiro atoms. The number of allylic oxidation sites excluding steroid dienone is 1. The molecule has 0 bridgehead atoms. The molecule has 8 heteroatoms. The van der Waals surface area contributed by atoms with Gasteiger partial charge in [-0.2, -0.15) is 0 Å². The van der Waals surface area contributed by atoms with Gasteiger partial charge in [0.2, 0.25) is 0 Å². The Morgan fingerprint density at radius 3 is 2.17 bits per heavy atom. The second kappa shape index (κ2) is 14.2. The van der Waals surface area contributed by atoms with Crippen molar-refractivity contribution in [3.8, 4) is 0 Å². The van der Waals surface area contributed by atoms with Crippen LogP contribution in [-0.4, -0.2) is 29.6 Å². The topological polar surface area (TPSA) is 116 Å². The SMILES string of the molecule is CC(=O)O.CCOC(=O)/C=C(\C)NC(C(=O)[O-])c1ccccc1.[K+]. The van der Waals surface area contributed by atoms with Gasteiger partial charge in [0.1, 0.15) is 0 Å². The molecule has 0 aliphatic rings. The molecule has 0 saturated heterocycles. The van der Waals surface area contributed by atoms with Crippen LogP contribution in [0.2, 0.25) is 0 Å². The van der Waals surface area contributed by atoms with Gasteiger partial charge in [0, 0.05) is 18.7 Å². The van der Waals surface area contributed by atoms with Crippen molar-refractivity contribution in [3.63, 3.8) is 0 Å². The van der Waals surface area contributed by atoms with Gasteiger partial charge in [0.25, 0.3) is 5.97 Å². The average molecular weight is 361 g/mol. The van der Waals surface area contributed by atoms with Crippen LogP contribution in [0.1, 0.15) is 32.4 Å². The summed E-state index contributed by atoms with van der Waals surface area (Å²) in [6.07, 6.45) is 1.21. The van der Waals surface area contributed by atoms with E-state index in [1.807, 2.05) is 0 Å². The quantitative estimate of drug-likeness (QED) is 0.330. The number of carboxylic acids is 2. The van der Waals surface area contributed by atoms with E-state index < -0.39 is 23.9 Å². The van der Waals surface area contributed by atoms with E-state index in [4.69, 9.17) is 14.6 Å². The van der Waals surface area contributed by atoms with E-state index in [-0.39, 0.29) is 58.0 Å². The summed E-state index contributed by atoms with van der Waals surface area (Å²) in [6, 6.07) is 7.59. The number of carboxylic acid groups (broad SMARTS) is 2. The minimum absolute atomic E-state index is 0. The van der Waals surface area contributed by atoms with E-state index in [0.29, 0.717) is 11.3 Å². The molecule has 0 fully saturated rings. The average Bonchev–Trinajstić information content (AvgIpc) is 2.45. The molecule has 0 radical (unpaired) electrons. The molecule has 0 aliphatic heterocycles. The molecule has 2 N–H and O–H groups in total. The molecule has 7 nitrogen and oxygen atoms in total. The molecule has 1 rings (SSSR count). The maximum absolute atomic E-state index is 11.2. The van der Waals surface area contributed by atoms with Crippen LogP contribution in [-0.2, 0) is 19.1 Å². The van der Waals surface area contributed by atoms with E-state index in [1.54, 1.807) is 44.2 Å². The molecule has 24 heavy (non-hydrogen) atoms. The Hall–Kier alpha value is -1.19. The van der Waals surface area contributed by atoms with Gasteiger partial charge < -0.3 is 25.1 Å². The van der Waals surface area contributed by atoms with Gasteiger partial charge >= 0.3 is 57.4 Å². The maximum atomic E-state index is 11.2. The van der Waals surface area contributed by atoms with Crippen LogP contribution >= 0.6 is 0 Å². The number of carbonyl (C=O) groups is 3. The van der Waals surface area contributed by atoms with E-state index in [0.717, 1.165) is 6.92 Å². The molecule has 1 aromatic rings. The van der Waals surface area contributed by atoms with Crippen molar-refractivity contribution in [3.05, 3.63) is 47.7 Å². The summed E-state index contributed by atoms with van der Waals surface area (Å²) < 4.78 is 4.74. The standard InChI is InChI=1S/C14H17NO4.C2H4O2.K/c1-3-19-12(16)9-10(2)15-13(14(17)18)11-7-5-4-6-8-11;1-2(3)4;/h4-9,13,15H,3H2,1-2H3,(H,17,18);1H3,(H,3,4);/q;;+1/p-1/b10-9+;;. The van der Waals surface area contributed by atoms with Crippen LogP contribution in [0.3, 0.4) is 0 Å². The van der Waals surface area contributed by atoms with Crippen LogP contribution in [0, 0.1) is 0 Å². The second-order valence-corrected chi connectivity index (χ2v) is 4.41. The molecular formula is C16H20KNO6. The predicted molar refractivity (Wildman–Crippen MR) is 81.0 cm³/mol. The molecule has 0 heterocycles. The molecule has 0 aliphatic carbocycles. The summed E-state index contributed by atoms with van der Waals surface area (Å²) in [5.74, 6) is -2.61. The Morgan fingerprint density at radius 1 is 1.25 bits per heavy atom. The molecule has 1 atom stereocenters. The van der Waals surface area contributed by atoms with E-state index in [2.05, 4.69) is 5.32 Å². The monoisotopic (exact) mass is 361 g/mol. The van der Waals surface area contributed by atoms with Gasteiger partial charge in [0.05, 0.1) is 18.6 Å². The van der Waals surface area contributed by atoms with Crippen LogP contribution in [0.5, 0.6) is 0 Å². The molecule has 0 aromatic heterocycles. The van der Waals surface area contributed by atoms with Gasteiger partial charge in [-0.1, -0.05) is 30.3 Å². The van der Waals surface area contributed by atoms with E-state index in [1.165, 1.54) is 6.08 Å². The molecule has 1 unspecified atom stereocenters. The summed E-state index contributed by atoms with van der Waals surface area (Å²) >= 11 is 0. The van der Waals surface area contributed by atoms with Crippen molar-refractivity contribution in [2.24, 2.45) is 0 Å². The number of hydrogen-bond donors (Lipinski definition) is 2. The summed E-state index contributed by atoms with van der Waals surface area (Å²) in [5, 5.41) is 21.3. The first-order valence-electron chi connectivity index (χ1n) is 6.84. The van der Waals surface area contributed by atoms with Gasteiger partial charge in [-0.15, -0.1) is 0 Å². The van der Waals surface area contributed by atoms with E-state index >= 15 is 0 Å². The normalized spacial score (nSPS) is 11.0. The largest absolute Gasteiger partial charge is 1.00 e. The zero-order valence-electron chi connectivity index (χ0n) is 14.2. The summed E-state index contributed by atoms with van der Waals surface area (Å²) in [6.45, 7) is 4.64. The second-order valence-electron chi connectivity index (χ2n) is 4.41. The van der Waals surface area contributed by atoms with Crippen LogP contribution < -0.4 is 61.8 Å². The Balaban J connectivity index is 0. The molecule has 1 aromatic carbocycles. The Labute approximate surface area is 183 Å². The number of aliphatic carboxylic acids is 2. The summed E-state index contributed by atoms with van der Waals surface area (Å²) in [5.41, 5.74) is 0.954. The minimum Gasteiger partial charge on any atom is -0.548 e. The van der Waals surface area contributed by atoms with Crippen molar-refractivity contribution in [1.29, 1.82) is 0 Å². The fraction of sp³-hybridized carbons (Fsp3) is 0.312. The van der Waals surface area contributed by atoms with Crippen LogP contribution in [0.4, 0.5) is 0 Å². The van der Waals surface area contributed by atoms with Gasteiger partial charge in [0.15, 0.2) is 0 Å². The number of carbonyl (C=O) groups excluding carboxylic acids is 2. The van der Waals surface area contributed by atoms with Gasteiger partial charge in [-0.05, 0) is 19.4 Å². The van der Waals surface area contributed by atoms with Crippen molar-refractivity contribution in [2.45, 2.75) is 26.8 Å². The molecule has 0 saturated carbocycles. The maximum Gasteiger partial charge on any atom is 1.00 e. The van der Waals surface area contributed by atoms with Gasteiger partial charge in [-0.25, -0.2) is 4.79 Å². The number of benzene rings is 1. The Bertz CT molecular complexity index is 555. The third-order valence-corrected chi connectivity index (χ3v) is 2.36. The number of rotatable bonds is 6. The van der Waals surface area contributed by atoms with Crippen LogP contribution in [0.25, 0.3) is 0 Å². The van der Waals surface area contributed by atoms with Crippen molar-refractivity contribution in [2.75, 3.05) is 6.61 Å². The first-order chi connectivity index (χ1) is 10.8. The fourth-order valence-electron chi connectivity index (χ4n) is 1.55. The first-order valence-corrected chi connectivity index (χ1v) is 6.84. The third-order valence-electron chi connectivity index (χ3n) is 2.36. The molecule has 0 amide bonds. The van der Waals surface area contributed by atoms with Crippen LogP contribution in [0.15, 0.2) is 42.1 Å². The first kappa shape index (κ1) is 25.1. The number of nitrogens with one attached hydrogen (secondary N) is 1. The zero-order valence-corrected chi connectivity index (χ0v) is 17.4. The minimum atomic E-state index is -1.26. The number of esters is 1. The molecular weight excluding hydrogens is 341 g/mol. The summed E-state index contributed by atoms with van der Waals surface area (Å²) in [7, 11) is 0. The summed E-state index contributed by atoms with van der Waals surface area (Å²) in [4.78, 5) is 31.4. The van der Waals surface area contributed by atoms with Gasteiger partial charge in [-0.3, -0.25) is 4.79 Å². The fourth-order valence-corrected chi connectivity index (χ4v) is 1.55. The zero-order chi connectivity index (χ0) is 17.8. The number of ether oxygens (including phenoxy) is 1. The third kappa shape index (κ3) is 12.3. The van der Waals surface area contributed by atoms with Crippen molar-refractivity contribution < 1.29 is 80.7 Å². The number of hydrogen-bond acceptors (Lipinski definition) is 6. The Morgan fingerprint density at radius 2 is 1.75 bits per heavy atom. The van der Waals surface area contributed by atoms with Crippen molar-refractivity contribution >= 4 is 17.9 Å².